The Bertz CT molecular complexity index is 573. The summed E-state index contributed by atoms with van der Waals surface area (Å²) < 4.78 is 14.8. The predicted molar refractivity (Wildman–Crippen MR) is 88.2 cm³/mol. The maximum absolute atomic E-state index is 13.2. The van der Waals surface area contributed by atoms with E-state index in [9.17, 15) is 4.39 Å². The first-order valence-electron chi connectivity index (χ1n) is 6.52. The summed E-state index contributed by atoms with van der Waals surface area (Å²) in [6.07, 6.45) is 1.90. The maximum Gasteiger partial charge on any atom is 0.124 e. The Balaban J connectivity index is 2.22. The van der Waals surface area contributed by atoms with Crippen LogP contribution in [0.3, 0.4) is 0 Å². The van der Waals surface area contributed by atoms with Gasteiger partial charge in [0, 0.05) is 21.8 Å². The number of nitrogens with one attached hydrogen (secondary N) is 1. The van der Waals surface area contributed by atoms with E-state index in [0.717, 1.165) is 33.8 Å². The summed E-state index contributed by atoms with van der Waals surface area (Å²) >= 11 is 11.0. The molecule has 5 heteroatoms. The second-order valence-electron chi connectivity index (χ2n) is 4.58. The molecule has 1 nitrogen and oxygen atoms in total. The zero-order valence-corrected chi connectivity index (χ0v) is 14.3. The van der Waals surface area contributed by atoms with Gasteiger partial charge in [-0.1, -0.05) is 40.5 Å². The lowest BCUT2D eigenvalue weighted by atomic mass is 10.0. The topological polar surface area (TPSA) is 12.0 Å². The normalized spacial score (nSPS) is 12.6. The van der Waals surface area contributed by atoms with Crippen LogP contribution in [-0.2, 0) is 6.42 Å². The number of hydrogen-bond acceptors (Lipinski definition) is 2. The molecule has 1 unspecified atom stereocenters. The van der Waals surface area contributed by atoms with Crippen molar-refractivity contribution in [2.24, 2.45) is 0 Å². The lowest BCUT2D eigenvalue weighted by molar-refractivity contribution is 0.528. The molecule has 2 aromatic rings. The van der Waals surface area contributed by atoms with Gasteiger partial charge in [-0.05, 0) is 42.8 Å². The van der Waals surface area contributed by atoms with Crippen LogP contribution in [0.2, 0.25) is 4.34 Å². The van der Waals surface area contributed by atoms with Gasteiger partial charge in [0.15, 0.2) is 0 Å². The molecule has 0 saturated carbocycles. The molecule has 0 radical (unpaired) electrons. The van der Waals surface area contributed by atoms with E-state index in [1.165, 1.54) is 17.0 Å². The van der Waals surface area contributed by atoms with E-state index in [1.54, 1.807) is 11.3 Å². The number of hydrogen-bond donors (Lipinski definition) is 1. The molecule has 1 atom stereocenters. The molecule has 0 aliphatic heterocycles. The van der Waals surface area contributed by atoms with Gasteiger partial charge in [-0.25, -0.2) is 4.39 Å². The second-order valence-corrected chi connectivity index (χ2v) is 7.24. The summed E-state index contributed by atoms with van der Waals surface area (Å²) in [6.45, 7) is 3.05. The molecule has 0 aliphatic rings. The average molecular weight is 377 g/mol. The van der Waals surface area contributed by atoms with E-state index in [0.29, 0.717) is 0 Å². The van der Waals surface area contributed by atoms with Crippen molar-refractivity contribution in [3.05, 3.63) is 55.4 Å². The van der Waals surface area contributed by atoms with Gasteiger partial charge in [-0.2, -0.15) is 0 Å². The minimum absolute atomic E-state index is 0.152. The fourth-order valence-electron chi connectivity index (χ4n) is 2.06. The Morgan fingerprint density at radius 3 is 2.75 bits per heavy atom. The van der Waals surface area contributed by atoms with Crippen molar-refractivity contribution in [3.8, 4) is 0 Å². The largest absolute Gasteiger partial charge is 0.310 e. The third kappa shape index (κ3) is 4.29. The molecule has 108 valence electrons. The molecule has 1 N–H and O–H groups in total. The van der Waals surface area contributed by atoms with Crippen molar-refractivity contribution in [2.75, 3.05) is 6.54 Å². The van der Waals surface area contributed by atoms with Crippen molar-refractivity contribution in [2.45, 2.75) is 25.8 Å². The summed E-state index contributed by atoms with van der Waals surface area (Å²) in [5.74, 6) is -0.228. The maximum atomic E-state index is 13.2. The molecule has 0 amide bonds. The molecule has 2 rings (SSSR count). The van der Waals surface area contributed by atoms with Gasteiger partial charge >= 0.3 is 0 Å². The van der Waals surface area contributed by atoms with Crippen molar-refractivity contribution >= 4 is 38.9 Å². The molecule has 1 aromatic carbocycles. The van der Waals surface area contributed by atoms with Crippen molar-refractivity contribution in [1.29, 1.82) is 0 Å². The van der Waals surface area contributed by atoms with Gasteiger partial charge in [0.2, 0.25) is 0 Å². The highest BCUT2D eigenvalue weighted by atomic mass is 79.9. The van der Waals surface area contributed by atoms with E-state index >= 15 is 0 Å². The van der Waals surface area contributed by atoms with Gasteiger partial charge in [-0.15, -0.1) is 11.3 Å². The monoisotopic (exact) mass is 375 g/mol. The third-order valence-corrected chi connectivity index (χ3v) is 4.95. The minimum Gasteiger partial charge on any atom is -0.310 e. The Morgan fingerprint density at radius 2 is 2.15 bits per heavy atom. The van der Waals surface area contributed by atoms with E-state index in [4.69, 9.17) is 11.6 Å². The molecule has 1 heterocycles. The first kappa shape index (κ1) is 16.0. The van der Waals surface area contributed by atoms with Gasteiger partial charge in [0.05, 0.1) is 4.34 Å². The Kier molecular flexibility index (Phi) is 6.02. The van der Waals surface area contributed by atoms with Crippen molar-refractivity contribution in [3.63, 3.8) is 0 Å². The van der Waals surface area contributed by atoms with Crippen LogP contribution in [0.25, 0.3) is 0 Å². The van der Waals surface area contributed by atoms with E-state index in [-0.39, 0.29) is 11.9 Å². The molecule has 0 saturated heterocycles. The molecule has 20 heavy (non-hydrogen) atoms. The van der Waals surface area contributed by atoms with Crippen LogP contribution < -0.4 is 5.32 Å². The van der Waals surface area contributed by atoms with E-state index in [1.807, 2.05) is 18.2 Å². The number of rotatable bonds is 6. The van der Waals surface area contributed by atoms with Crippen LogP contribution in [0.15, 0.2) is 34.8 Å². The quantitative estimate of drug-likeness (QED) is 0.693. The first-order valence-corrected chi connectivity index (χ1v) is 8.51. The molecule has 0 aliphatic carbocycles. The zero-order chi connectivity index (χ0) is 14.5. The van der Waals surface area contributed by atoms with Crippen LogP contribution in [0.5, 0.6) is 0 Å². The standard InChI is InChI=1S/C15H16BrClFNS/c1-2-7-19-14(9-11-4-6-15(17)20-11)12-5-3-10(18)8-13(12)16/h3-6,8,14,19H,2,7,9H2,1H3. The summed E-state index contributed by atoms with van der Waals surface area (Å²) in [4.78, 5) is 1.22. The highest BCUT2D eigenvalue weighted by Gasteiger charge is 2.16. The third-order valence-electron chi connectivity index (χ3n) is 3.01. The van der Waals surface area contributed by atoms with Crippen molar-refractivity contribution < 1.29 is 4.39 Å². The fourth-order valence-corrected chi connectivity index (χ4v) is 3.82. The van der Waals surface area contributed by atoms with Crippen LogP contribution in [0, 0.1) is 5.82 Å². The molecule has 0 spiro atoms. The summed E-state index contributed by atoms with van der Waals surface area (Å²) in [7, 11) is 0. The second kappa shape index (κ2) is 7.55. The Labute approximate surface area is 136 Å². The Morgan fingerprint density at radius 1 is 1.35 bits per heavy atom. The molecule has 0 fully saturated rings. The summed E-state index contributed by atoms with van der Waals surface area (Å²) in [6, 6.07) is 8.96. The van der Waals surface area contributed by atoms with Crippen LogP contribution in [0.1, 0.15) is 29.8 Å². The summed E-state index contributed by atoms with van der Waals surface area (Å²) in [5.41, 5.74) is 1.07. The predicted octanol–water partition coefficient (Wildman–Crippen LogP) is 5.59. The summed E-state index contributed by atoms with van der Waals surface area (Å²) in [5, 5.41) is 3.51. The Hall–Kier alpha value is -0.420. The number of halogens is 3. The van der Waals surface area contributed by atoms with Crippen LogP contribution in [0.4, 0.5) is 4.39 Å². The lowest BCUT2D eigenvalue weighted by Crippen LogP contribution is -2.24. The highest BCUT2D eigenvalue weighted by molar-refractivity contribution is 9.10. The van der Waals surface area contributed by atoms with Gasteiger partial charge in [-0.3, -0.25) is 0 Å². The minimum atomic E-state index is -0.228. The number of benzene rings is 1. The molecular weight excluding hydrogens is 361 g/mol. The zero-order valence-electron chi connectivity index (χ0n) is 11.1. The van der Waals surface area contributed by atoms with Crippen LogP contribution in [-0.4, -0.2) is 6.54 Å². The fraction of sp³-hybridized carbons (Fsp3) is 0.333. The molecule has 1 aromatic heterocycles. The van der Waals surface area contributed by atoms with E-state index < -0.39 is 0 Å². The lowest BCUT2D eigenvalue weighted by Gasteiger charge is -2.20. The number of thiophene rings is 1. The van der Waals surface area contributed by atoms with Crippen LogP contribution >= 0.6 is 38.9 Å². The first-order chi connectivity index (χ1) is 9.60. The van der Waals surface area contributed by atoms with Gasteiger partial charge in [0.25, 0.3) is 0 Å². The van der Waals surface area contributed by atoms with Crippen molar-refractivity contribution in [1.82, 2.24) is 5.32 Å². The highest BCUT2D eigenvalue weighted by Crippen LogP contribution is 2.30. The van der Waals surface area contributed by atoms with Gasteiger partial charge < -0.3 is 5.32 Å². The van der Waals surface area contributed by atoms with E-state index in [2.05, 4.69) is 28.2 Å². The SMILES string of the molecule is CCCNC(Cc1ccc(Cl)s1)c1ccc(F)cc1Br. The smallest absolute Gasteiger partial charge is 0.124 e. The van der Waals surface area contributed by atoms with Gasteiger partial charge in [0.1, 0.15) is 5.82 Å². The molecular formula is C15H16BrClFNS. The average Bonchev–Trinajstić information content (AvgIpc) is 2.80. The molecule has 0 bridgehead atoms.